The summed E-state index contributed by atoms with van der Waals surface area (Å²) in [7, 11) is 1.61. The Kier molecular flexibility index (Phi) is 4.97. The molecule has 2 heterocycles. The maximum Gasteiger partial charge on any atom is 0.245 e. The van der Waals surface area contributed by atoms with E-state index in [2.05, 4.69) is 16.9 Å². The molecule has 0 unspecified atom stereocenters. The molecule has 1 saturated heterocycles. The fourth-order valence-electron chi connectivity index (χ4n) is 3.16. The molecule has 1 aromatic carbocycles. The Morgan fingerprint density at radius 1 is 1.32 bits per heavy atom. The average molecular weight is 339 g/mol. The number of ether oxygens (including phenoxy) is 1. The summed E-state index contributed by atoms with van der Waals surface area (Å²) < 4.78 is 5.35. The summed E-state index contributed by atoms with van der Waals surface area (Å²) in [6, 6.07) is 7.41. The third-order valence-electron chi connectivity index (χ3n) is 4.56. The predicted octanol–water partition coefficient (Wildman–Crippen LogP) is 2.61. The van der Waals surface area contributed by atoms with E-state index < -0.39 is 0 Å². The second-order valence-electron chi connectivity index (χ2n) is 6.01. The number of benzene rings is 1. The van der Waals surface area contributed by atoms with E-state index in [9.17, 15) is 9.59 Å². The Labute approximate surface area is 146 Å². The van der Waals surface area contributed by atoms with Crippen LogP contribution in [0.25, 0.3) is 10.9 Å². The van der Waals surface area contributed by atoms with Crippen molar-refractivity contribution in [1.82, 2.24) is 9.88 Å². The summed E-state index contributed by atoms with van der Waals surface area (Å²) >= 11 is 0. The lowest BCUT2D eigenvalue weighted by Gasteiger charge is -2.30. The first kappa shape index (κ1) is 17.0. The van der Waals surface area contributed by atoms with Crippen LogP contribution >= 0.6 is 0 Å². The van der Waals surface area contributed by atoms with Gasteiger partial charge in [-0.25, -0.2) is 0 Å². The van der Waals surface area contributed by atoms with Crippen molar-refractivity contribution in [2.45, 2.75) is 12.8 Å². The number of methoxy groups -OCH3 is 1. The van der Waals surface area contributed by atoms with Crippen LogP contribution in [-0.2, 0) is 9.59 Å². The maximum absolute atomic E-state index is 12.6. The number of para-hydroxylation sites is 1. The van der Waals surface area contributed by atoms with Gasteiger partial charge in [0.25, 0.3) is 0 Å². The lowest BCUT2D eigenvalue weighted by atomic mass is 9.95. The highest BCUT2D eigenvalue weighted by atomic mass is 16.5. The Hall–Kier alpha value is -2.89. The second-order valence-corrected chi connectivity index (χ2v) is 6.01. The number of rotatable bonds is 4. The number of hydrogen-bond acceptors (Lipinski definition) is 4. The van der Waals surface area contributed by atoms with Crippen LogP contribution < -0.4 is 10.1 Å². The highest BCUT2D eigenvalue weighted by molar-refractivity contribution is 6.02. The van der Waals surface area contributed by atoms with Crippen LogP contribution in [0.5, 0.6) is 5.75 Å². The molecule has 0 aliphatic carbocycles. The Morgan fingerprint density at radius 3 is 2.76 bits per heavy atom. The molecular formula is C19H21N3O3. The van der Waals surface area contributed by atoms with Crippen molar-refractivity contribution in [1.29, 1.82) is 0 Å². The second kappa shape index (κ2) is 7.34. The van der Waals surface area contributed by atoms with Crippen LogP contribution in [0.3, 0.4) is 0 Å². The molecule has 6 nitrogen and oxygen atoms in total. The predicted molar refractivity (Wildman–Crippen MR) is 96.4 cm³/mol. The van der Waals surface area contributed by atoms with E-state index in [0.717, 1.165) is 11.1 Å². The number of hydrogen-bond donors (Lipinski definition) is 1. The number of anilines is 1. The molecule has 0 radical (unpaired) electrons. The van der Waals surface area contributed by atoms with Gasteiger partial charge in [-0.3, -0.25) is 14.6 Å². The Bertz CT molecular complexity index is 811. The number of aromatic nitrogens is 1. The number of likely N-dealkylation sites (tertiary alicyclic amines) is 1. The highest BCUT2D eigenvalue weighted by Crippen LogP contribution is 2.29. The maximum atomic E-state index is 12.6. The largest absolute Gasteiger partial charge is 0.496 e. The van der Waals surface area contributed by atoms with Crippen LogP contribution in [-0.4, -0.2) is 41.9 Å². The van der Waals surface area contributed by atoms with E-state index in [1.807, 2.05) is 18.2 Å². The lowest BCUT2D eigenvalue weighted by molar-refractivity contribution is -0.130. The van der Waals surface area contributed by atoms with Gasteiger partial charge in [-0.2, -0.15) is 0 Å². The first-order chi connectivity index (χ1) is 12.1. The van der Waals surface area contributed by atoms with Crippen molar-refractivity contribution in [2.24, 2.45) is 5.92 Å². The standard InChI is InChI=1S/C19H21N3O3/c1-3-17(23)22-11-8-13(9-12-22)19(24)21-15-6-4-5-14-16(25-2)7-10-20-18(14)15/h3-7,10,13H,1,8-9,11-12H2,2H3,(H,21,24). The molecule has 2 aromatic rings. The molecule has 1 aromatic heterocycles. The molecule has 6 heteroatoms. The zero-order valence-electron chi connectivity index (χ0n) is 14.2. The number of pyridine rings is 1. The van der Waals surface area contributed by atoms with Crippen molar-refractivity contribution >= 4 is 28.4 Å². The van der Waals surface area contributed by atoms with Crippen LogP contribution in [0, 0.1) is 5.92 Å². The molecule has 3 rings (SSSR count). The summed E-state index contributed by atoms with van der Waals surface area (Å²) in [6.07, 6.45) is 4.27. The van der Waals surface area contributed by atoms with Gasteiger partial charge in [0.05, 0.1) is 18.3 Å². The van der Waals surface area contributed by atoms with E-state index >= 15 is 0 Å². The Balaban J connectivity index is 1.73. The monoisotopic (exact) mass is 339 g/mol. The molecule has 1 N–H and O–H groups in total. The highest BCUT2D eigenvalue weighted by Gasteiger charge is 2.26. The van der Waals surface area contributed by atoms with Gasteiger partial charge >= 0.3 is 0 Å². The molecule has 1 fully saturated rings. The minimum Gasteiger partial charge on any atom is -0.496 e. The number of carbonyl (C=O) groups excluding carboxylic acids is 2. The van der Waals surface area contributed by atoms with Gasteiger partial charge < -0.3 is 15.0 Å². The minimum atomic E-state index is -0.116. The van der Waals surface area contributed by atoms with Gasteiger partial charge in [-0.15, -0.1) is 0 Å². The van der Waals surface area contributed by atoms with Gasteiger partial charge in [0, 0.05) is 30.6 Å². The van der Waals surface area contributed by atoms with Crippen LogP contribution in [0.1, 0.15) is 12.8 Å². The number of nitrogens with one attached hydrogen (secondary N) is 1. The first-order valence-electron chi connectivity index (χ1n) is 8.28. The van der Waals surface area contributed by atoms with Crippen LogP contribution in [0.4, 0.5) is 5.69 Å². The minimum absolute atomic E-state index is 0.0391. The summed E-state index contributed by atoms with van der Waals surface area (Å²) in [5.41, 5.74) is 1.38. The molecule has 0 bridgehead atoms. The molecule has 0 spiro atoms. The van der Waals surface area contributed by atoms with E-state index in [1.165, 1.54) is 6.08 Å². The summed E-state index contributed by atoms with van der Waals surface area (Å²) in [5.74, 6) is 0.485. The molecule has 2 amide bonds. The number of piperidine rings is 1. The molecule has 0 atom stereocenters. The normalized spacial score (nSPS) is 15.0. The van der Waals surface area contributed by atoms with Gasteiger partial charge in [0.2, 0.25) is 11.8 Å². The smallest absolute Gasteiger partial charge is 0.245 e. The van der Waals surface area contributed by atoms with E-state index in [0.29, 0.717) is 37.1 Å². The first-order valence-corrected chi connectivity index (χ1v) is 8.28. The van der Waals surface area contributed by atoms with Gasteiger partial charge in [0.1, 0.15) is 5.75 Å². The number of carbonyl (C=O) groups is 2. The third kappa shape index (κ3) is 3.47. The molecule has 1 aliphatic heterocycles. The van der Waals surface area contributed by atoms with Crippen molar-refractivity contribution in [3.8, 4) is 5.75 Å². The van der Waals surface area contributed by atoms with Crippen LogP contribution in [0.2, 0.25) is 0 Å². The molecular weight excluding hydrogens is 318 g/mol. The van der Waals surface area contributed by atoms with Crippen LogP contribution in [0.15, 0.2) is 43.1 Å². The third-order valence-corrected chi connectivity index (χ3v) is 4.56. The Morgan fingerprint density at radius 2 is 2.08 bits per heavy atom. The topological polar surface area (TPSA) is 71.5 Å². The van der Waals surface area contributed by atoms with Crippen molar-refractivity contribution < 1.29 is 14.3 Å². The zero-order valence-corrected chi connectivity index (χ0v) is 14.2. The van der Waals surface area contributed by atoms with E-state index in [1.54, 1.807) is 24.3 Å². The molecule has 1 aliphatic rings. The van der Waals surface area contributed by atoms with E-state index in [-0.39, 0.29) is 17.7 Å². The van der Waals surface area contributed by atoms with Gasteiger partial charge in [-0.1, -0.05) is 12.6 Å². The van der Waals surface area contributed by atoms with Gasteiger partial charge in [0.15, 0.2) is 0 Å². The molecule has 25 heavy (non-hydrogen) atoms. The van der Waals surface area contributed by atoms with Crippen molar-refractivity contribution in [3.05, 3.63) is 43.1 Å². The zero-order chi connectivity index (χ0) is 17.8. The SMILES string of the molecule is C=CC(=O)N1CCC(C(=O)Nc2cccc3c(OC)ccnc23)CC1. The molecule has 0 saturated carbocycles. The van der Waals surface area contributed by atoms with Crippen molar-refractivity contribution in [2.75, 3.05) is 25.5 Å². The average Bonchev–Trinajstić information content (AvgIpc) is 2.67. The van der Waals surface area contributed by atoms with Gasteiger partial charge in [-0.05, 0) is 37.1 Å². The van der Waals surface area contributed by atoms with Crippen molar-refractivity contribution in [3.63, 3.8) is 0 Å². The molecule has 130 valence electrons. The quantitative estimate of drug-likeness (QED) is 0.869. The number of fused-ring (bicyclic) bond motifs is 1. The fourth-order valence-corrected chi connectivity index (χ4v) is 3.16. The lowest BCUT2D eigenvalue weighted by Crippen LogP contribution is -2.40. The number of amides is 2. The summed E-state index contributed by atoms with van der Waals surface area (Å²) in [6.45, 7) is 4.65. The summed E-state index contributed by atoms with van der Waals surface area (Å²) in [5, 5.41) is 3.84. The number of nitrogens with zero attached hydrogens (tertiary/aromatic N) is 2. The summed E-state index contributed by atoms with van der Waals surface area (Å²) in [4.78, 5) is 30.3. The van der Waals surface area contributed by atoms with E-state index in [4.69, 9.17) is 4.74 Å². The fraction of sp³-hybridized carbons (Fsp3) is 0.316.